The van der Waals surface area contributed by atoms with Gasteiger partial charge in [0.15, 0.2) is 5.15 Å². The van der Waals surface area contributed by atoms with Gasteiger partial charge in [-0.25, -0.2) is 0 Å². The van der Waals surface area contributed by atoms with Crippen LogP contribution in [0.3, 0.4) is 0 Å². The van der Waals surface area contributed by atoms with Gasteiger partial charge in [0, 0.05) is 25.1 Å². The lowest BCUT2D eigenvalue weighted by atomic mass is 9.86. The van der Waals surface area contributed by atoms with Gasteiger partial charge in [0.25, 0.3) is 5.91 Å². The van der Waals surface area contributed by atoms with Crippen LogP contribution in [-0.2, 0) is 18.4 Å². The topological polar surface area (TPSA) is 46.1 Å². The summed E-state index contributed by atoms with van der Waals surface area (Å²) in [6, 6.07) is 9.69. The van der Waals surface area contributed by atoms with Crippen molar-refractivity contribution in [2.75, 3.05) is 6.54 Å². The molecule has 0 saturated heterocycles. The smallest absolute Gasteiger partial charge is 0.254 e. The Balaban J connectivity index is 1.79. The number of halogens is 1. The maximum Gasteiger partial charge on any atom is 0.254 e. The molecule has 23 heavy (non-hydrogen) atoms. The van der Waals surface area contributed by atoms with Gasteiger partial charge in [0.2, 0.25) is 0 Å². The number of nitrogens with zero attached hydrogens (tertiary/aromatic N) is 3. The molecule has 0 atom stereocenters. The molecule has 0 fully saturated rings. The van der Waals surface area contributed by atoms with E-state index in [0.717, 1.165) is 16.8 Å². The standard InChI is InChI=1S/C18H20ClN3O/c1-18(2,3)14-6-4-12(5-7-14)17(23)22-9-8-15-13(11-22)10-16(19)21-20-15/h4-7,10H,8-9,11H2,1-3H3. The highest BCUT2D eigenvalue weighted by molar-refractivity contribution is 6.29. The van der Waals surface area contributed by atoms with Crippen molar-refractivity contribution in [2.24, 2.45) is 0 Å². The van der Waals surface area contributed by atoms with Gasteiger partial charge in [-0.3, -0.25) is 4.79 Å². The fourth-order valence-corrected chi connectivity index (χ4v) is 2.94. The van der Waals surface area contributed by atoms with Gasteiger partial charge in [0.1, 0.15) is 0 Å². The number of hydrogen-bond donors (Lipinski definition) is 0. The molecular weight excluding hydrogens is 310 g/mol. The summed E-state index contributed by atoms with van der Waals surface area (Å²) < 4.78 is 0. The van der Waals surface area contributed by atoms with Crippen molar-refractivity contribution in [1.82, 2.24) is 15.1 Å². The Morgan fingerprint density at radius 2 is 1.87 bits per heavy atom. The first-order valence-electron chi connectivity index (χ1n) is 7.75. The summed E-state index contributed by atoms with van der Waals surface area (Å²) in [5.41, 5.74) is 3.94. The third-order valence-electron chi connectivity index (χ3n) is 4.20. The highest BCUT2D eigenvalue weighted by Gasteiger charge is 2.23. The third-order valence-corrected chi connectivity index (χ3v) is 4.38. The molecule has 1 aromatic carbocycles. The lowest BCUT2D eigenvalue weighted by Gasteiger charge is -2.28. The average molecular weight is 330 g/mol. The molecule has 3 rings (SSSR count). The Bertz CT molecular complexity index is 735. The minimum atomic E-state index is 0.0454. The van der Waals surface area contributed by atoms with Gasteiger partial charge in [-0.1, -0.05) is 44.5 Å². The van der Waals surface area contributed by atoms with E-state index < -0.39 is 0 Å². The van der Waals surface area contributed by atoms with Crippen LogP contribution in [0.4, 0.5) is 0 Å². The summed E-state index contributed by atoms with van der Waals surface area (Å²) in [6.07, 6.45) is 0.714. The molecule has 120 valence electrons. The quantitative estimate of drug-likeness (QED) is 0.802. The van der Waals surface area contributed by atoms with Crippen molar-refractivity contribution in [3.63, 3.8) is 0 Å². The van der Waals surface area contributed by atoms with Crippen molar-refractivity contribution in [2.45, 2.75) is 39.2 Å². The first-order chi connectivity index (χ1) is 10.8. The largest absolute Gasteiger partial charge is 0.334 e. The molecule has 2 aromatic rings. The minimum absolute atomic E-state index is 0.0454. The zero-order valence-electron chi connectivity index (χ0n) is 13.6. The van der Waals surface area contributed by atoms with Gasteiger partial charge >= 0.3 is 0 Å². The van der Waals surface area contributed by atoms with Gasteiger partial charge in [-0.2, -0.15) is 5.10 Å². The molecule has 0 bridgehead atoms. The van der Waals surface area contributed by atoms with Crippen molar-refractivity contribution in [3.8, 4) is 0 Å². The number of carbonyl (C=O) groups excluding carboxylic acids is 1. The highest BCUT2D eigenvalue weighted by Crippen LogP contribution is 2.24. The first-order valence-corrected chi connectivity index (χ1v) is 8.13. The second-order valence-corrected chi connectivity index (χ2v) is 7.33. The predicted molar refractivity (Wildman–Crippen MR) is 90.6 cm³/mol. The number of aromatic nitrogens is 2. The lowest BCUT2D eigenvalue weighted by Crippen LogP contribution is -2.36. The Morgan fingerprint density at radius 3 is 2.52 bits per heavy atom. The van der Waals surface area contributed by atoms with Gasteiger partial charge in [0.05, 0.1) is 5.69 Å². The van der Waals surface area contributed by atoms with Crippen LogP contribution in [0.15, 0.2) is 30.3 Å². The normalized spacial score (nSPS) is 14.5. The molecule has 5 heteroatoms. The third kappa shape index (κ3) is 3.37. The van der Waals surface area contributed by atoms with E-state index in [2.05, 4.69) is 31.0 Å². The summed E-state index contributed by atoms with van der Waals surface area (Å²) in [7, 11) is 0. The maximum atomic E-state index is 12.7. The molecule has 1 aliphatic rings. The molecule has 0 unspecified atom stereocenters. The fraction of sp³-hybridized carbons (Fsp3) is 0.389. The van der Waals surface area contributed by atoms with E-state index in [1.165, 1.54) is 5.56 Å². The number of rotatable bonds is 1. The zero-order chi connectivity index (χ0) is 16.6. The van der Waals surface area contributed by atoms with Crippen molar-refractivity contribution < 1.29 is 4.79 Å². The molecule has 1 aliphatic heterocycles. The van der Waals surface area contributed by atoms with Crippen molar-refractivity contribution in [1.29, 1.82) is 0 Å². The van der Waals surface area contributed by atoms with E-state index in [-0.39, 0.29) is 11.3 Å². The number of amides is 1. The molecule has 0 aliphatic carbocycles. The second-order valence-electron chi connectivity index (χ2n) is 6.94. The molecule has 0 saturated carbocycles. The molecule has 0 radical (unpaired) electrons. The van der Waals surface area contributed by atoms with Gasteiger partial charge < -0.3 is 4.90 Å². The van der Waals surface area contributed by atoms with E-state index in [9.17, 15) is 4.79 Å². The van der Waals surface area contributed by atoms with Crippen LogP contribution in [0, 0.1) is 0 Å². The van der Waals surface area contributed by atoms with Crippen LogP contribution in [0.2, 0.25) is 5.15 Å². The van der Waals surface area contributed by atoms with Gasteiger partial charge in [-0.05, 0) is 34.7 Å². The summed E-state index contributed by atoms with van der Waals surface area (Å²) in [4.78, 5) is 14.6. The second kappa shape index (κ2) is 5.93. The number of hydrogen-bond acceptors (Lipinski definition) is 3. The summed E-state index contributed by atoms with van der Waals surface area (Å²) >= 11 is 5.90. The summed E-state index contributed by atoms with van der Waals surface area (Å²) in [6.45, 7) is 7.68. The molecule has 0 N–H and O–H groups in total. The van der Waals surface area contributed by atoms with Crippen LogP contribution in [0.1, 0.15) is 48.0 Å². The monoisotopic (exact) mass is 329 g/mol. The Labute approximate surface area is 141 Å². The molecule has 2 heterocycles. The first kappa shape index (κ1) is 15.9. The van der Waals surface area contributed by atoms with Gasteiger partial charge in [-0.15, -0.1) is 5.10 Å². The summed E-state index contributed by atoms with van der Waals surface area (Å²) in [5.74, 6) is 0.0454. The number of carbonyl (C=O) groups is 1. The van der Waals surface area contributed by atoms with E-state index in [0.29, 0.717) is 24.7 Å². The molecule has 0 spiro atoms. The van der Waals surface area contributed by atoms with E-state index in [1.54, 1.807) is 6.07 Å². The maximum absolute atomic E-state index is 12.7. The molecular formula is C18H20ClN3O. The van der Waals surface area contributed by atoms with Crippen LogP contribution in [0.25, 0.3) is 0 Å². The number of benzene rings is 1. The molecule has 4 nitrogen and oxygen atoms in total. The van der Waals surface area contributed by atoms with Crippen LogP contribution >= 0.6 is 11.6 Å². The van der Waals surface area contributed by atoms with Crippen molar-refractivity contribution in [3.05, 3.63) is 57.9 Å². The highest BCUT2D eigenvalue weighted by atomic mass is 35.5. The molecule has 1 amide bonds. The SMILES string of the molecule is CC(C)(C)c1ccc(C(=O)N2CCc3nnc(Cl)cc3C2)cc1. The van der Waals surface area contributed by atoms with Crippen LogP contribution < -0.4 is 0 Å². The Morgan fingerprint density at radius 1 is 1.17 bits per heavy atom. The zero-order valence-corrected chi connectivity index (χ0v) is 14.4. The van der Waals surface area contributed by atoms with E-state index >= 15 is 0 Å². The summed E-state index contributed by atoms with van der Waals surface area (Å²) in [5, 5.41) is 8.34. The average Bonchev–Trinajstić information content (AvgIpc) is 2.52. The van der Waals surface area contributed by atoms with Crippen LogP contribution in [0.5, 0.6) is 0 Å². The Kier molecular flexibility index (Phi) is 4.11. The predicted octanol–water partition coefficient (Wildman–Crippen LogP) is 3.63. The van der Waals surface area contributed by atoms with E-state index in [4.69, 9.17) is 11.6 Å². The number of fused-ring (bicyclic) bond motifs is 1. The Hall–Kier alpha value is -1.94. The van der Waals surface area contributed by atoms with Crippen LogP contribution in [-0.4, -0.2) is 27.5 Å². The minimum Gasteiger partial charge on any atom is -0.334 e. The van der Waals surface area contributed by atoms with E-state index in [1.807, 2.05) is 29.2 Å². The molecule has 1 aromatic heterocycles. The lowest BCUT2D eigenvalue weighted by molar-refractivity contribution is 0.0733. The fourth-order valence-electron chi connectivity index (χ4n) is 2.77. The van der Waals surface area contributed by atoms with Crippen molar-refractivity contribution >= 4 is 17.5 Å².